The summed E-state index contributed by atoms with van der Waals surface area (Å²) >= 11 is 0. The van der Waals surface area contributed by atoms with Gasteiger partial charge in [-0.05, 0) is 45.2 Å². The molecule has 0 aliphatic carbocycles. The maximum absolute atomic E-state index is 12.2. The van der Waals surface area contributed by atoms with Crippen LogP contribution >= 0.6 is 0 Å². The van der Waals surface area contributed by atoms with Crippen molar-refractivity contribution in [3.63, 3.8) is 0 Å². The maximum atomic E-state index is 12.2. The van der Waals surface area contributed by atoms with Crippen molar-refractivity contribution in [2.75, 3.05) is 11.4 Å². The van der Waals surface area contributed by atoms with E-state index in [4.69, 9.17) is 10.5 Å². The van der Waals surface area contributed by atoms with E-state index in [1.807, 2.05) is 45.0 Å². The highest BCUT2D eigenvalue weighted by Crippen LogP contribution is 2.31. The summed E-state index contributed by atoms with van der Waals surface area (Å²) in [5.41, 5.74) is 6.50. The average Bonchev–Trinajstić information content (AvgIpc) is 2.68. The highest BCUT2D eigenvalue weighted by Gasteiger charge is 2.35. The molecule has 1 aliphatic rings. The molecular weight excluding hydrogens is 268 g/mol. The van der Waals surface area contributed by atoms with Crippen LogP contribution in [0, 0.1) is 12.8 Å². The fourth-order valence-corrected chi connectivity index (χ4v) is 2.90. The molecule has 1 unspecified atom stereocenters. The Balaban J connectivity index is 2.02. The van der Waals surface area contributed by atoms with Crippen LogP contribution in [0.4, 0.5) is 10.5 Å². The predicted molar refractivity (Wildman–Crippen MR) is 81.0 cm³/mol. The van der Waals surface area contributed by atoms with Gasteiger partial charge in [0.25, 0.3) is 0 Å². The van der Waals surface area contributed by atoms with Crippen molar-refractivity contribution in [3.8, 4) is 0 Å². The Hall–Kier alpha value is -2.04. The van der Waals surface area contributed by atoms with Crippen LogP contribution in [0.3, 0.4) is 0 Å². The van der Waals surface area contributed by atoms with Crippen LogP contribution in [-0.2, 0) is 9.53 Å². The molecular formula is C16H22N2O3. The van der Waals surface area contributed by atoms with Crippen molar-refractivity contribution in [1.82, 2.24) is 0 Å². The number of nitrogens with two attached hydrogens (primary N) is 1. The molecule has 5 heteroatoms. The third kappa shape index (κ3) is 3.97. The van der Waals surface area contributed by atoms with E-state index in [2.05, 4.69) is 0 Å². The summed E-state index contributed by atoms with van der Waals surface area (Å²) in [7, 11) is 0. The van der Waals surface area contributed by atoms with E-state index in [0.29, 0.717) is 19.4 Å². The van der Waals surface area contributed by atoms with Crippen molar-refractivity contribution in [1.29, 1.82) is 0 Å². The van der Waals surface area contributed by atoms with Gasteiger partial charge in [-0.1, -0.05) is 17.7 Å². The molecule has 0 radical (unpaired) electrons. The van der Waals surface area contributed by atoms with E-state index < -0.39 is 11.7 Å². The number of aryl methyl sites for hydroxylation is 1. The van der Waals surface area contributed by atoms with E-state index in [1.165, 1.54) is 0 Å². The number of benzene rings is 1. The number of carbonyl (C=O) groups excluding carboxylic acids is 2. The smallest absolute Gasteiger partial charge is 0.405 e. The fourth-order valence-electron chi connectivity index (χ4n) is 2.90. The first-order valence-electron chi connectivity index (χ1n) is 7.12. The Morgan fingerprint density at radius 2 is 2.00 bits per heavy atom. The van der Waals surface area contributed by atoms with Crippen molar-refractivity contribution in [2.24, 2.45) is 11.7 Å². The number of hydrogen-bond acceptors (Lipinski definition) is 3. The lowest BCUT2D eigenvalue weighted by molar-refractivity contribution is -0.117. The maximum Gasteiger partial charge on any atom is 0.405 e. The summed E-state index contributed by atoms with van der Waals surface area (Å²) < 4.78 is 5.10. The summed E-state index contributed by atoms with van der Waals surface area (Å²) in [4.78, 5) is 24.9. The standard InChI is InChI=1S/C16H22N2O3/c1-11-4-6-13(7-5-11)18-10-12(8-14(18)19)9-16(2,3)21-15(17)20/h4-7,12H,8-10H2,1-3H3,(H2,17,20). The van der Waals surface area contributed by atoms with Crippen LogP contribution in [0.5, 0.6) is 0 Å². The van der Waals surface area contributed by atoms with Gasteiger partial charge in [-0.3, -0.25) is 4.79 Å². The molecule has 1 saturated heterocycles. The molecule has 1 aromatic carbocycles. The molecule has 1 heterocycles. The normalized spacial score (nSPS) is 18.9. The minimum Gasteiger partial charge on any atom is -0.444 e. The monoisotopic (exact) mass is 290 g/mol. The molecule has 0 saturated carbocycles. The highest BCUT2D eigenvalue weighted by atomic mass is 16.6. The van der Waals surface area contributed by atoms with Crippen LogP contribution in [0.25, 0.3) is 0 Å². The SMILES string of the molecule is Cc1ccc(N2CC(CC(C)(C)OC(N)=O)CC2=O)cc1. The van der Waals surface area contributed by atoms with Crippen molar-refractivity contribution in [3.05, 3.63) is 29.8 Å². The number of hydrogen-bond donors (Lipinski definition) is 1. The summed E-state index contributed by atoms with van der Waals surface area (Å²) in [6.07, 6.45) is 0.309. The van der Waals surface area contributed by atoms with E-state index >= 15 is 0 Å². The number of amides is 2. The Bertz CT molecular complexity index is 537. The molecule has 0 spiro atoms. The summed E-state index contributed by atoms with van der Waals surface area (Å²) in [6.45, 7) is 6.29. The summed E-state index contributed by atoms with van der Waals surface area (Å²) in [5, 5.41) is 0. The predicted octanol–water partition coefficient (Wildman–Crippen LogP) is 2.61. The van der Waals surface area contributed by atoms with Gasteiger partial charge in [-0.2, -0.15) is 0 Å². The topological polar surface area (TPSA) is 72.6 Å². The second-order valence-corrected chi connectivity index (χ2v) is 6.29. The lowest BCUT2D eigenvalue weighted by Gasteiger charge is -2.27. The Kier molecular flexibility index (Phi) is 4.21. The van der Waals surface area contributed by atoms with Crippen LogP contribution < -0.4 is 10.6 Å². The Labute approximate surface area is 125 Å². The zero-order valence-electron chi connectivity index (χ0n) is 12.8. The second-order valence-electron chi connectivity index (χ2n) is 6.29. The lowest BCUT2D eigenvalue weighted by atomic mass is 9.92. The molecule has 2 N–H and O–H groups in total. The molecule has 2 amide bonds. The van der Waals surface area contributed by atoms with Gasteiger partial charge in [0.05, 0.1) is 0 Å². The highest BCUT2D eigenvalue weighted by molar-refractivity contribution is 5.95. The van der Waals surface area contributed by atoms with Gasteiger partial charge < -0.3 is 15.4 Å². The quantitative estimate of drug-likeness (QED) is 0.926. The molecule has 5 nitrogen and oxygen atoms in total. The van der Waals surface area contributed by atoms with Crippen LogP contribution in [0.15, 0.2) is 24.3 Å². The van der Waals surface area contributed by atoms with Crippen molar-refractivity contribution in [2.45, 2.75) is 39.2 Å². The number of primary amides is 1. The Morgan fingerprint density at radius 1 is 1.38 bits per heavy atom. The summed E-state index contributed by atoms with van der Waals surface area (Å²) in [5.74, 6) is 0.270. The first-order chi connectivity index (χ1) is 9.77. The molecule has 21 heavy (non-hydrogen) atoms. The molecule has 1 fully saturated rings. The van der Waals surface area contributed by atoms with E-state index in [1.54, 1.807) is 4.90 Å². The molecule has 0 bridgehead atoms. The van der Waals surface area contributed by atoms with Gasteiger partial charge >= 0.3 is 6.09 Å². The third-order valence-corrected chi connectivity index (χ3v) is 3.71. The van der Waals surface area contributed by atoms with Gasteiger partial charge in [0.2, 0.25) is 5.91 Å². The minimum atomic E-state index is -0.778. The molecule has 1 atom stereocenters. The van der Waals surface area contributed by atoms with Gasteiger partial charge in [0.15, 0.2) is 0 Å². The average molecular weight is 290 g/mol. The van der Waals surface area contributed by atoms with Gasteiger partial charge in [0.1, 0.15) is 5.60 Å². The summed E-state index contributed by atoms with van der Waals surface area (Å²) in [6, 6.07) is 7.91. The van der Waals surface area contributed by atoms with Crippen molar-refractivity contribution >= 4 is 17.7 Å². The molecule has 0 aromatic heterocycles. The third-order valence-electron chi connectivity index (χ3n) is 3.71. The molecule has 2 rings (SSSR count). The van der Waals surface area contributed by atoms with Crippen LogP contribution in [0.1, 0.15) is 32.3 Å². The van der Waals surface area contributed by atoms with Crippen LogP contribution in [0.2, 0.25) is 0 Å². The second kappa shape index (κ2) is 5.76. The molecule has 1 aromatic rings. The first-order valence-corrected chi connectivity index (χ1v) is 7.12. The number of ether oxygens (including phenoxy) is 1. The van der Waals surface area contributed by atoms with Crippen LogP contribution in [-0.4, -0.2) is 24.1 Å². The Morgan fingerprint density at radius 3 is 2.57 bits per heavy atom. The van der Waals surface area contributed by atoms with E-state index in [-0.39, 0.29) is 11.8 Å². The lowest BCUT2D eigenvalue weighted by Crippen LogP contribution is -2.34. The van der Waals surface area contributed by atoms with Gasteiger partial charge in [-0.25, -0.2) is 4.79 Å². The zero-order chi connectivity index (χ0) is 15.6. The van der Waals surface area contributed by atoms with Gasteiger partial charge in [-0.15, -0.1) is 0 Å². The first kappa shape index (κ1) is 15.4. The molecule has 1 aliphatic heterocycles. The van der Waals surface area contributed by atoms with Gasteiger partial charge in [0, 0.05) is 18.7 Å². The fraction of sp³-hybridized carbons (Fsp3) is 0.500. The number of anilines is 1. The van der Waals surface area contributed by atoms with Crippen molar-refractivity contribution < 1.29 is 14.3 Å². The van der Waals surface area contributed by atoms with E-state index in [0.717, 1.165) is 11.3 Å². The number of carbonyl (C=O) groups is 2. The zero-order valence-corrected chi connectivity index (χ0v) is 12.8. The van der Waals surface area contributed by atoms with E-state index in [9.17, 15) is 9.59 Å². The molecule has 114 valence electrons. The number of rotatable bonds is 4. The number of nitrogens with zero attached hydrogens (tertiary/aromatic N) is 1. The minimum absolute atomic E-state index is 0.110. The largest absolute Gasteiger partial charge is 0.444 e.